The van der Waals surface area contributed by atoms with Crippen molar-refractivity contribution in [3.8, 4) is 11.5 Å². The van der Waals surface area contributed by atoms with E-state index in [1.807, 2.05) is 30.5 Å². The third-order valence-electron chi connectivity index (χ3n) is 4.78. The Balaban J connectivity index is 2.18. The number of rotatable bonds is 7. The number of hydrogen-bond donors (Lipinski definition) is 2. The van der Waals surface area contributed by atoms with Crippen molar-refractivity contribution in [2.24, 2.45) is 0 Å². The van der Waals surface area contributed by atoms with Crippen LogP contribution in [0, 0.1) is 0 Å². The molecule has 136 valence electrons. The molecule has 0 aliphatic rings. The van der Waals surface area contributed by atoms with Gasteiger partial charge in [0.1, 0.15) is 11.5 Å². The fraction of sp³-hybridized carbons (Fsp3) is 0.286. The van der Waals surface area contributed by atoms with Crippen molar-refractivity contribution in [3.63, 3.8) is 0 Å². The second-order valence-electron chi connectivity index (χ2n) is 6.20. The summed E-state index contributed by atoms with van der Waals surface area (Å²) >= 11 is 0. The van der Waals surface area contributed by atoms with E-state index in [-0.39, 0.29) is 12.3 Å². The van der Waals surface area contributed by atoms with Crippen LogP contribution < -0.4 is 9.47 Å². The Hall–Kier alpha value is -2.95. The van der Waals surface area contributed by atoms with E-state index in [2.05, 4.69) is 18.0 Å². The molecule has 0 aliphatic heterocycles. The number of ether oxygens (including phenoxy) is 2. The zero-order chi connectivity index (χ0) is 18.7. The maximum absolute atomic E-state index is 11.6. The lowest BCUT2D eigenvalue weighted by Crippen LogP contribution is -2.09. The van der Waals surface area contributed by atoms with E-state index < -0.39 is 5.97 Å². The maximum Gasteiger partial charge on any atom is 0.304 e. The molecule has 0 unspecified atom stereocenters. The van der Waals surface area contributed by atoms with E-state index in [0.717, 1.165) is 28.5 Å². The topological polar surface area (TPSA) is 71.6 Å². The van der Waals surface area contributed by atoms with Crippen LogP contribution in [0.25, 0.3) is 10.9 Å². The molecule has 2 N–H and O–H groups in total. The highest BCUT2D eigenvalue weighted by molar-refractivity contribution is 5.88. The van der Waals surface area contributed by atoms with Gasteiger partial charge in [0.15, 0.2) is 0 Å². The van der Waals surface area contributed by atoms with Crippen molar-refractivity contribution < 1.29 is 19.4 Å². The number of aryl methyl sites for hydroxylation is 1. The molecule has 1 heterocycles. The second kappa shape index (κ2) is 7.52. The van der Waals surface area contributed by atoms with Crippen molar-refractivity contribution in [2.75, 3.05) is 14.2 Å². The minimum Gasteiger partial charge on any atom is -0.497 e. The van der Waals surface area contributed by atoms with Gasteiger partial charge in [-0.05, 0) is 23.6 Å². The molecule has 26 heavy (non-hydrogen) atoms. The first-order valence-electron chi connectivity index (χ1n) is 8.61. The van der Waals surface area contributed by atoms with Crippen LogP contribution in [0.1, 0.15) is 36.0 Å². The number of aromatic amines is 1. The molecule has 1 atom stereocenters. The molecule has 3 aromatic rings. The number of H-pyrrole nitrogens is 1. The SMILES string of the molecule is CCc1cccc2c([C@@H](CC(=O)O)c3ccc(OC)cc3OC)c[nH]c12. The Morgan fingerprint density at radius 1 is 1.15 bits per heavy atom. The van der Waals surface area contributed by atoms with Crippen LogP contribution in [0.5, 0.6) is 11.5 Å². The van der Waals surface area contributed by atoms with Gasteiger partial charge in [-0.25, -0.2) is 0 Å². The van der Waals surface area contributed by atoms with E-state index in [9.17, 15) is 9.90 Å². The summed E-state index contributed by atoms with van der Waals surface area (Å²) < 4.78 is 10.8. The number of para-hydroxylation sites is 1. The van der Waals surface area contributed by atoms with E-state index in [1.165, 1.54) is 5.56 Å². The number of methoxy groups -OCH3 is 2. The van der Waals surface area contributed by atoms with Gasteiger partial charge in [0.2, 0.25) is 0 Å². The van der Waals surface area contributed by atoms with E-state index >= 15 is 0 Å². The maximum atomic E-state index is 11.6. The number of fused-ring (bicyclic) bond motifs is 1. The molecule has 2 aromatic carbocycles. The summed E-state index contributed by atoms with van der Waals surface area (Å²) in [7, 11) is 3.18. The molecule has 0 bridgehead atoms. The third-order valence-corrected chi connectivity index (χ3v) is 4.78. The van der Waals surface area contributed by atoms with Crippen molar-refractivity contribution >= 4 is 16.9 Å². The summed E-state index contributed by atoms with van der Waals surface area (Å²) in [4.78, 5) is 14.9. The average molecular weight is 353 g/mol. The second-order valence-corrected chi connectivity index (χ2v) is 6.20. The molecule has 0 aliphatic carbocycles. The number of carbonyl (C=O) groups is 1. The van der Waals surface area contributed by atoms with Gasteiger partial charge in [0.25, 0.3) is 0 Å². The van der Waals surface area contributed by atoms with Crippen LogP contribution in [0.3, 0.4) is 0 Å². The fourth-order valence-electron chi connectivity index (χ4n) is 3.49. The number of carboxylic acids is 1. The van der Waals surface area contributed by atoms with Crippen LogP contribution in [-0.2, 0) is 11.2 Å². The summed E-state index contributed by atoms with van der Waals surface area (Å²) in [6.45, 7) is 2.11. The Morgan fingerprint density at radius 2 is 1.96 bits per heavy atom. The first-order valence-corrected chi connectivity index (χ1v) is 8.61. The van der Waals surface area contributed by atoms with Crippen molar-refractivity contribution in [1.29, 1.82) is 0 Å². The summed E-state index contributed by atoms with van der Waals surface area (Å²) in [5, 5.41) is 10.6. The molecule has 0 saturated heterocycles. The van der Waals surface area contributed by atoms with Crippen molar-refractivity contribution in [1.82, 2.24) is 4.98 Å². The normalized spacial score (nSPS) is 12.1. The summed E-state index contributed by atoms with van der Waals surface area (Å²) in [6.07, 6.45) is 2.81. The van der Waals surface area contributed by atoms with Crippen LogP contribution in [0.2, 0.25) is 0 Å². The van der Waals surface area contributed by atoms with Crippen LogP contribution >= 0.6 is 0 Å². The molecule has 5 nitrogen and oxygen atoms in total. The monoisotopic (exact) mass is 353 g/mol. The van der Waals surface area contributed by atoms with Crippen molar-refractivity contribution in [3.05, 3.63) is 59.3 Å². The molecular weight excluding hydrogens is 330 g/mol. The molecule has 5 heteroatoms. The van der Waals surface area contributed by atoms with Gasteiger partial charge in [0.05, 0.1) is 20.6 Å². The van der Waals surface area contributed by atoms with Gasteiger partial charge < -0.3 is 19.6 Å². The largest absolute Gasteiger partial charge is 0.497 e. The minimum absolute atomic E-state index is 0.0218. The molecule has 0 fully saturated rings. The fourth-order valence-corrected chi connectivity index (χ4v) is 3.49. The smallest absolute Gasteiger partial charge is 0.304 e. The number of hydrogen-bond acceptors (Lipinski definition) is 3. The standard InChI is InChI=1S/C21H23NO4/c1-4-13-6-5-7-16-18(12-22-21(13)16)17(11-20(23)24)15-9-8-14(25-2)10-19(15)26-3/h5-10,12,17,22H,4,11H2,1-3H3,(H,23,24)/t17-/m0/s1. The molecule has 0 amide bonds. The quantitative estimate of drug-likeness (QED) is 0.662. The number of aliphatic carboxylic acids is 1. The van der Waals surface area contributed by atoms with Gasteiger partial charge in [-0.15, -0.1) is 0 Å². The lowest BCUT2D eigenvalue weighted by atomic mass is 9.87. The van der Waals surface area contributed by atoms with E-state index in [4.69, 9.17) is 9.47 Å². The Labute approximate surface area is 152 Å². The van der Waals surface area contributed by atoms with Gasteiger partial charge >= 0.3 is 5.97 Å². The van der Waals surface area contributed by atoms with Crippen LogP contribution in [0.4, 0.5) is 0 Å². The lowest BCUT2D eigenvalue weighted by Gasteiger charge is -2.19. The summed E-state index contributed by atoms with van der Waals surface area (Å²) in [5.74, 6) is 0.117. The Bertz CT molecular complexity index is 929. The molecule has 0 radical (unpaired) electrons. The predicted molar refractivity (Wildman–Crippen MR) is 101 cm³/mol. The number of benzene rings is 2. The molecule has 1 aromatic heterocycles. The molecule has 0 saturated carbocycles. The van der Waals surface area contributed by atoms with Gasteiger partial charge in [0, 0.05) is 34.6 Å². The molecular formula is C21H23NO4. The average Bonchev–Trinajstić information content (AvgIpc) is 3.09. The highest BCUT2D eigenvalue weighted by atomic mass is 16.5. The van der Waals surface area contributed by atoms with Crippen LogP contribution in [-0.4, -0.2) is 30.3 Å². The van der Waals surface area contributed by atoms with Gasteiger partial charge in [-0.2, -0.15) is 0 Å². The third kappa shape index (κ3) is 3.25. The van der Waals surface area contributed by atoms with Gasteiger partial charge in [-0.3, -0.25) is 4.79 Å². The molecule has 3 rings (SSSR count). The Kier molecular flexibility index (Phi) is 5.16. The highest BCUT2D eigenvalue weighted by Gasteiger charge is 2.25. The number of nitrogens with one attached hydrogen (secondary N) is 1. The van der Waals surface area contributed by atoms with E-state index in [1.54, 1.807) is 20.3 Å². The lowest BCUT2D eigenvalue weighted by molar-refractivity contribution is -0.137. The predicted octanol–water partition coefficient (Wildman–Crippen LogP) is 4.35. The van der Waals surface area contributed by atoms with E-state index in [0.29, 0.717) is 11.5 Å². The Morgan fingerprint density at radius 3 is 2.62 bits per heavy atom. The van der Waals surface area contributed by atoms with Crippen molar-refractivity contribution in [2.45, 2.75) is 25.7 Å². The minimum atomic E-state index is -0.853. The number of aromatic nitrogens is 1. The zero-order valence-corrected chi connectivity index (χ0v) is 15.2. The molecule has 0 spiro atoms. The number of carboxylic acid groups (broad SMARTS) is 1. The zero-order valence-electron chi connectivity index (χ0n) is 15.2. The summed E-state index contributed by atoms with van der Waals surface area (Å²) in [5.41, 5.74) is 4.07. The van der Waals surface area contributed by atoms with Gasteiger partial charge in [-0.1, -0.05) is 31.2 Å². The highest BCUT2D eigenvalue weighted by Crippen LogP contribution is 2.39. The first-order chi connectivity index (χ1) is 12.6. The summed E-state index contributed by atoms with van der Waals surface area (Å²) in [6, 6.07) is 11.6. The first kappa shape index (κ1) is 17.9. The van der Waals surface area contributed by atoms with Crippen LogP contribution in [0.15, 0.2) is 42.6 Å².